The van der Waals surface area contributed by atoms with Gasteiger partial charge in [-0.25, -0.2) is 0 Å². The van der Waals surface area contributed by atoms with E-state index in [9.17, 15) is 0 Å². The summed E-state index contributed by atoms with van der Waals surface area (Å²) in [6.07, 6.45) is 0. The molecule has 0 saturated carbocycles. The number of benzene rings is 1. The van der Waals surface area contributed by atoms with Crippen LogP contribution in [0.25, 0.3) is 0 Å². The fraction of sp³-hybridized carbons (Fsp3) is 0.333. The van der Waals surface area contributed by atoms with Gasteiger partial charge in [0, 0.05) is 5.54 Å². The maximum atomic E-state index is 5.57. The third kappa shape index (κ3) is 3.43. The van der Waals surface area contributed by atoms with E-state index in [1.807, 2.05) is 19.1 Å². The predicted octanol–water partition coefficient (Wildman–Crippen LogP) is 3.82. The van der Waals surface area contributed by atoms with E-state index in [0.29, 0.717) is 6.61 Å². The summed E-state index contributed by atoms with van der Waals surface area (Å²) in [6.45, 7) is 6.61. The topological polar surface area (TPSA) is 9.23 Å². The Kier molecular flexibility index (Phi) is 4.02. The van der Waals surface area contributed by atoms with Gasteiger partial charge in [-0.1, -0.05) is 17.7 Å². The molecule has 0 aliphatic carbocycles. The maximum Gasteiger partial charge on any atom is 0.120 e. The number of hydrogen-bond donors (Lipinski definition) is 0. The molecule has 0 aromatic heterocycles. The van der Waals surface area contributed by atoms with Gasteiger partial charge < -0.3 is 4.74 Å². The Morgan fingerprint density at radius 2 is 1.86 bits per heavy atom. The van der Waals surface area contributed by atoms with E-state index in [-0.39, 0.29) is 0 Å². The first-order valence-electron chi connectivity index (χ1n) is 4.59. The van der Waals surface area contributed by atoms with E-state index in [1.165, 1.54) is 11.1 Å². The van der Waals surface area contributed by atoms with Crippen LogP contribution in [0.3, 0.4) is 0 Å². The summed E-state index contributed by atoms with van der Waals surface area (Å²) in [5.74, 6) is 0.903. The standard InChI is InChI=1S/C12H15ClO/c1-9-4-10(2)6-12(5-9)14-8-11(3)7-13/h4-7H,8H2,1-3H3/b11-7-. The highest BCUT2D eigenvalue weighted by molar-refractivity contribution is 6.25. The van der Waals surface area contributed by atoms with Gasteiger partial charge in [0.25, 0.3) is 0 Å². The van der Waals surface area contributed by atoms with Gasteiger partial charge in [0.15, 0.2) is 0 Å². The van der Waals surface area contributed by atoms with Crippen molar-refractivity contribution >= 4 is 11.6 Å². The highest BCUT2D eigenvalue weighted by Gasteiger charge is 1.97. The molecule has 14 heavy (non-hydrogen) atoms. The predicted molar refractivity (Wildman–Crippen MR) is 61.0 cm³/mol. The quantitative estimate of drug-likeness (QED) is 0.737. The molecule has 2 heteroatoms. The second kappa shape index (κ2) is 5.06. The average Bonchev–Trinajstić information content (AvgIpc) is 2.12. The van der Waals surface area contributed by atoms with Crippen LogP contribution in [0, 0.1) is 13.8 Å². The number of hydrogen-bond acceptors (Lipinski definition) is 1. The second-order valence-electron chi connectivity index (χ2n) is 3.57. The van der Waals surface area contributed by atoms with E-state index >= 15 is 0 Å². The first-order valence-corrected chi connectivity index (χ1v) is 5.02. The van der Waals surface area contributed by atoms with Crippen molar-refractivity contribution in [2.24, 2.45) is 0 Å². The zero-order valence-electron chi connectivity index (χ0n) is 8.80. The molecule has 0 aliphatic rings. The largest absolute Gasteiger partial charge is 0.489 e. The molecule has 0 amide bonds. The summed E-state index contributed by atoms with van der Waals surface area (Å²) in [6, 6.07) is 6.17. The molecule has 0 unspecified atom stereocenters. The number of aryl methyl sites for hydroxylation is 2. The van der Waals surface area contributed by atoms with Crippen molar-refractivity contribution in [2.45, 2.75) is 20.8 Å². The molecule has 1 aromatic rings. The monoisotopic (exact) mass is 210 g/mol. The van der Waals surface area contributed by atoms with Crippen LogP contribution in [0.15, 0.2) is 29.3 Å². The minimum atomic E-state index is 0.548. The average molecular weight is 211 g/mol. The molecule has 0 heterocycles. The van der Waals surface area contributed by atoms with Crippen LogP contribution in [-0.4, -0.2) is 6.61 Å². The summed E-state index contributed by atoms with van der Waals surface area (Å²) in [5.41, 5.74) is 4.99. The molecule has 0 aliphatic heterocycles. The van der Waals surface area contributed by atoms with Crippen molar-refractivity contribution in [2.75, 3.05) is 6.61 Å². The summed E-state index contributed by atoms with van der Waals surface area (Å²) in [7, 11) is 0. The summed E-state index contributed by atoms with van der Waals surface area (Å²) >= 11 is 5.54. The van der Waals surface area contributed by atoms with Gasteiger partial charge in [0.2, 0.25) is 0 Å². The molecule has 0 bridgehead atoms. The van der Waals surface area contributed by atoms with Crippen molar-refractivity contribution in [3.05, 3.63) is 40.4 Å². The zero-order chi connectivity index (χ0) is 10.6. The SMILES string of the molecule is C/C(=C/Cl)COc1cc(C)cc(C)c1. The summed E-state index contributed by atoms with van der Waals surface area (Å²) in [4.78, 5) is 0. The van der Waals surface area contributed by atoms with Gasteiger partial charge in [-0.05, 0) is 49.6 Å². The highest BCUT2D eigenvalue weighted by Crippen LogP contribution is 2.16. The Bertz CT molecular complexity index is 322. The van der Waals surface area contributed by atoms with Crippen LogP contribution in [0.1, 0.15) is 18.1 Å². The van der Waals surface area contributed by atoms with Gasteiger partial charge in [-0.15, -0.1) is 0 Å². The normalized spacial score (nSPS) is 11.6. The molecule has 0 radical (unpaired) electrons. The van der Waals surface area contributed by atoms with Crippen molar-refractivity contribution in [1.29, 1.82) is 0 Å². The summed E-state index contributed by atoms with van der Waals surface area (Å²) in [5, 5.41) is 0. The molecule has 0 fully saturated rings. The van der Waals surface area contributed by atoms with Crippen molar-refractivity contribution in [1.82, 2.24) is 0 Å². The van der Waals surface area contributed by atoms with Crippen LogP contribution >= 0.6 is 11.6 Å². The highest BCUT2D eigenvalue weighted by atomic mass is 35.5. The molecule has 76 valence electrons. The lowest BCUT2D eigenvalue weighted by molar-refractivity contribution is 0.352. The van der Waals surface area contributed by atoms with Crippen molar-refractivity contribution in [3.8, 4) is 5.75 Å². The third-order valence-electron chi connectivity index (χ3n) is 1.85. The molecule has 0 N–H and O–H groups in total. The van der Waals surface area contributed by atoms with Crippen LogP contribution < -0.4 is 4.74 Å². The molecular formula is C12H15ClO. The lowest BCUT2D eigenvalue weighted by Gasteiger charge is -2.07. The Morgan fingerprint density at radius 1 is 1.29 bits per heavy atom. The minimum Gasteiger partial charge on any atom is -0.489 e. The van der Waals surface area contributed by atoms with Crippen molar-refractivity contribution < 1.29 is 4.74 Å². The fourth-order valence-electron chi connectivity index (χ4n) is 1.24. The van der Waals surface area contributed by atoms with Gasteiger partial charge in [-0.2, -0.15) is 0 Å². The molecule has 1 aromatic carbocycles. The minimum absolute atomic E-state index is 0.548. The lowest BCUT2D eigenvalue weighted by atomic mass is 10.1. The third-order valence-corrected chi connectivity index (χ3v) is 2.22. The maximum absolute atomic E-state index is 5.57. The smallest absolute Gasteiger partial charge is 0.120 e. The van der Waals surface area contributed by atoms with Gasteiger partial charge in [0.05, 0.1) is 0 Å². The van der Waals surface area contributed by atoms with Crippen LogP contribution in [0.2, 0.25) is 0 Å². The molecule has 1 nitrogen and oxygen atoms in total. The van der Waals surface area contributed by atoms with E-state index < -0.39 is 0 Å². The molecule has 0 spiro atoms. The van der Waals surface area contributed by atoms with Crippen LogP contribution in [0.4, 0.5) is 0 Å². The summed E-state index contributed by atoms with van der Waals surface area (Å²) < 4.78 is 5.57. The Labute approximate surface area is 90.3 Å². The van der Waals surface area contributed by atoms with Crippen LogP contribution in [-0.2, 0) is 0 Å². The number of halogens is 1. The second-order valence-corrected chi connectivity index (χ2v) is 3.79. The molecule has 0 saturated heterocycles. The molecule has 1 rings (SSSR count). The first kappa shape index (κ1) is 11.1. The Balaban J connectivity index is 2.67. The lowest BCUT2D eigenvalue weighted by Crippen LogP contribution is -1.98. The van der Waals surface area contributed by atoms with Gasteiger partial charge in [0.1, 0.15) is 12.4 Å². The van der Waals surface area contributed by atoms with Crippen molar-refractivity contribution in [3.63, 3.8) is 0 Å². The molecular weight excluding hydrogens is 196 g/mol. The molecule has 0 atom stereocenters. The first-order chi connectivity index (χ1) is 6.61. The fourth-order valence-corrected chi connectivity index (χ4v) is 1.31. The number of ether oxygens (including phenoxy) is 1. The zero-order valence-corrected chi connectivity index (χ0v) is 9.56. The Morgan fingerprint density at radius 3 is 2.36 bits per heavy atom. The van der Waals surface area contributed by atoms with E-state index in [0.717, 1.165) is 11.3 Å². The van der Waals surface area contributed by atoms with Gasteiger partial charge in [-0.3, -0.25) is 0 Å². The van der Waals surface area contributed by atoms with Crippen LogP contribution in [0.5, 0.6) is 5.75 Å². The number of rotatable bonds is 3. The Hall–Kier alpha value is -0.950. The van der Waals surface area contributed by atoms with Gasteiger partial charge >= 0.3 is 0 Å². The van der Waals surface area contributed by atoms with E-state index in [1.54, 1.807) is 5.54 Å². The van der Waals surface area contributed by atoms with E-state index in [4.69, 9.17) is 16.3 Å². The van der Waals surface area contributed by atoms with E-state index in [2.05, 4.69) is 19.9 Å².